The second kappa shape index (κ2) is 5.03. The van der Waals surface area contributed by atoms with E-state index in [1.54, 1.807) is 5.70 Å². The van der Waals surface area contributed by atoms with Gasteiger partial charge in [-0.05, 0) is 13.8 Å². The smallest absolute Gasteiger partial charge is 0.351 e. The van der Waals surface area contributed by atoms with E-state index in [0.29, 0.717) is 0 Å². The quantitative estimate of drug-likeness (QED) is 0.466. The van der Waals surface area contributed by atoms with E-state index in [-0.39, 0.29) is 0 Å². The maximum Gasteiger partial charge on any atom is 0.404 e. The molecule has 0 saturated carbocycles. The Labute approximate surface area is 57.1 Å². The van der Waals surface area contributed by atoms with Crippen LogP contribution >= 0.6 is 8.77 Å². The van der Waals surface area contributed by atoms with Crippen molar-refractivity contribution in [3.8, 4) is 0 Å². The number of hydrogen-bond donors (Lipinski definition) is 0. The first-order valence-corrected chi connectivity index (χ1v) is 4.94. The molecule has 1 nitrogen and oxygen atoms in total. The summed E-state index contributed by atoms with van der Waals surface area (Å²) in [5, 5.41) is 0. The number of halogens is 2. The highest BCUT2D eigenvalue weighted by molar-refractivity contribution is 7.42. The van der Waals surface area contributed by atoms with Gasteiger partial charge in [0.25, 0.3) is 0 Å². The molecule has 9 heavy (non-hydrogen) atoms. The lowest BCUT2D eigenvalue weighted by molar-refractivity contribution is 0.536. The van der Waals surface area contributed by atoms with Crippen LogP contribution in [0.5, 0.6) is 0 Å². The fraction of sp³-hybridized carbons (Fsp3) is 0.500. The normalized spacial score (nSPS) is 11.2. The molecule has 0 fully saturated rings. The van der Waals surface area contributed by atoms with Gasteiger partial charge in [-0.15, -0.1) is 0 Å². The van der Waals surface area contributed by atoms with Crippen LogP contribution in [-0.2, 0) is 4.21 Å². The Morgan fingerprint density at radius 3 is 2.44 bits per heavy atom. The zero-order valence-corrected chi connectivity index (χ0v) is 7.70. The zero-order valence-electron chi connectivity index (χ0n) is 5.40. The van der Waals surface area contributed by atoms with E-state index in [1.165, 1.54) is 0 Å². The standard InChI is InChI=1S/C4H9F2OPSi/c1-4(2)3-9-7-8(5)6/h3H,9H2,1-2H3. The van der Waals surface area contributed by atoms with Gasteiger partial charge >= 0.3 is 8.77 Å². The van der Waals surface area contributed by atoms with Crippen molar-refractivity contribution in [2.24, 2.45) is 0 Å². The highest BCUT2D eigenvalue weighted by Crippen LogP contribution is 2.38. The minimum atomic E-state index is -3.11. The first kappa shape index (κ1) is 9.21. The van der Waals surface area contributed by atoms with Gasteiger partial charge in [0, 0.05) is 0 Å². The lowest BCUT2D eigenvalue weighted by Crippen LogP contribution is -1.85. The second-order valence-electron chi connectivity index (χ2n) is 1.78. The van der Waals surface area contributed by atoms with Crippen LogP contribution in [-0.4, -0.2) is 9.76 Å². The molecule has 0 aromatic carbocycles. The van der Waals surface area contributed by atoms with Gasteiger partial charge in [-0.1, -0.05) is 11.3 Å². The summed E-state index contributed by atoms with van der Waals surface area (Å²) in [5.74, 6) is 0. The maximum absolute atomic E-state index is 11.3. The van der Waals surface area contributed by atoms with Crippen molar-refractivity contribution in [3.63, 3.8) is 0 Å². The lowest BCUT2D eigenvalue weighted by Gasteiger charge is -1.93. The monoisotopic (exact) mass is 170 g/mol. The highest BCUT2D eigenvalue weighted by atomic mass is 31.2. The molecule has 0 aromatic heterocycles. The fourth-order valence-electron chi connectivity index (χ4n) is 0.260. The predicted molar refractivity (Wildman–Crippen MR) is 38.2 cm³/mol. The van der Waals surface area contributed by atoms with Gasteiger partial charge in [-0.25, -0.2) is 0 Å². The molecule has 0 aliphatic carbocycles. The lowest BCUT2D eigenvalue weighted by atomic mass is 10.4. The van der Waals surface area contributed by atoms with Crippen molar-refractivity contribution in [1.82, 2.24) is 0 Å². The molecule has 0 amide bonds. The SMILES string of the molecule is CC(C)=C[SiH2]OP(F)F. The summed E-state index contributed by atoms with van der Waals surface area (Å²) in [7, 11) is -4.18. The first-order chi connectivity index (χ1) is 4.13. The van der Waals surface area contributed by atoms with Crippen LogP contribution < -0.4 is 0 Å². The number of rotatable bonds is 3. The van der Waals surface area contributed by atoms with Gasteiger partial charge in [0.2, 0.25) is 0 Å². The minimum Gasteiger partial charge on any atom is -0.351 e. The summed E-state index contributed by atoms with van der Waals surface area (Å²) in [6.45, 7) is 3.74. The van der Waals surface area contributed by atoms with Gasteiger partial charge < -0.3 is 4.21 Å². The molecule has 0 atom stereocenters. The summed E-state index contributed by atoms with van der Waals surface area (Å²) >= 11 is 0. The molecule has 0 N–H and O–H groups in total. The van der Waals surface area contributed by atoms with Crippen LogP contribution in [0.3, 0.4) is 0 Å². The molecule has 5 heteroatoms. The molecule has 54 valence electrons. The van der Waals surface area contributed by atoms with Gasteiger partial charge in [0.05, 0.1) is 0 Å². The summed E-state index contributed by atoms with van der Waals surface area (Å²) < 4.78 is 26.8. The van der Waals surface area contributed by atoms with E-state index in [2.05, 4.69) is 4.21 Å². The molecule has 0 spiro atoms. The topological polar surface area (TPSA) is 9.23 Å². The average Bonchev–Trinajstić information content (AvgIpc) is 1.63. The van der Waals surface area contributed by atoms with Gasteiger partial charge in [-0.3, -0.25) is 0 Å². The third-order valence-electron chi connectivity index (χ3n) is 0.664. The van der Waals surface area contributed by atoms with Crippen LogP contribution in [0.25, 0.3) is 0 Å². The van der Waals surface area contributed by atoms with E-state index < -0.39 is 18.5 Å². The van der Waals surface area contributed by atoms with Crippen LogP contribution in [0, 0.1) is 0 Å². The third-order valence-corrected chi connectivity index (χ3v) is 3.02. The van der Waals surface area contributed by atoms with E-state index in [1.807, 2.05) is 13.8 Å². The van der Waals surface area contributed by atoms with Gasteiger partial charge in [-0.2, -0.15) is 8.39 Å². The number of allylic oxidation sites excluding steroid dienone is 1. The summed E-state index contributed by atoms with van der Waals surface area (Å²) in [6.07, 6.45) is 0. The maximum atomic E-state index is 11.3. The molecule has 0 rings (SSSR count). The molecule has 0 radical (unpaired) electrons. The van der Waals surface area contributed by atoms with Crippen molar-refractivity contribution in [2.45, 2.75) is 13.8 Å². The predicted octanol–water partition coefficient (Wildman–Crippen LogP) is 2.18. The third kappa shape index (κ3) is 8.21. The molecule has 0 bridgehead atoms. The molecule has 0 aliphatic heterocycles. The average molecular weight is 170 g/mol. The fourth-order valence-corrected chi connectivity index (χ4v) is 1.34. The molecule has 0 saturated heterocycles. The molecule has 0 aliphatic rings. The van der Waals surface area contributed by atoms with E-state index in [0.717, 1.165) is 5.57 Å². The van der Waals surface area contributed by atoms with Crippen molar-refractivity contribution in [1.29, 1.82) is 0 Å². The molecular formula is C4H9F2OPSi. The van der Waals surface area contributed by atoms with E-state index >= 15 is 0 Å². The summed E-state index contributed by atoms with van der Waals surface area (Å²) in [4.78, 5) is 0. The van der Waals surface area contributed by atoms with Crippen molar-refractivity contribution in [3.05, 3.63) is 11.3 Å². The zero-order chi connectivity index (χ0) is 7.28. The highest BCUT2D eigenvalue weighted by Gasteiger charge is 2.00. The molecule has 0 aromatic rings. The molecule has 0 heterocycles. The Bertz CT molecular complexity index is 103. The van der Waals surface area contributed by atoms with Gasteiger partial charge in [0.1, 0.15) is 0 Å². The van der Waals surface area contributed by atoms with Crippen molar-refractivity contribution in [2.75, 3.05) is 0 Å². The van der Waals surface area contributed by atoms with Gasteiger partial charge in [0.15, 0.2) is 9.76 Å². The summed E-state index contributed by atoms with van der Waals surface area (Å²) in [5.41, 5.74) is 2.81. The first-order valence-electron chi connectivity index (χ1n) is 2.51. The van der Waals surface area contributed by atoms with E-state index in [4.69, 9.17) is 0 Å². The largest absolute Gasteiger partial charge is 0.404 e. The van der Waals surface area contributed by atoms with Crippen LogP contribution in [0.1, 0.15) is 13.8 Å². The number of hydrogen-bond acceptors (Lipinski definition) is 1. The Hall–Kier alpha value is 0.207. The minimum absolute atomic E-state index is 1.05. The van der Waals surface area contributed by atoms with Crippen LogP contribution in [0.4, 0.5) is 8.39 Å². The Morgan fingerprint density at radius 2 is 2.11 bits per heavy atom. The summed E-state index contributed by atoms with van der Waals surface area (Å²) in [6, 6.07) is 0. The van der Waals surface area contributed by atoms with Crippen molar-refractivity contribution >= 4 is 18.5 Å². The molecule has 0 unspecified atom stereocenters. The Balaban J connectivity index is 3.20. The van der Waals surface area contributed by atoms with Crippen LogP contribution in [0.2, 0.25) is 0 Å². The Morgan fingerprint density at radius 1 is 1.56 bits per heavy atom. The van der Waals surface area contributed by atoms with E-state index in [9.17, 15) is 8.39 Å². The van der Waals surface area contributed by atoms with Crippen molar-refractivity contribution < 1.29 is 12.6 Å². The second-order valence-corrected chi connectivity index (χ2v) is 3.96. The van der Waals surface area contributed by atoms with Crippen LogP contribution in [0.15, 0.2) is 11.3 Å². The molecular weight excluding hydrogens is 161 g/mol. The Kier molecular flexibility index (Phi) is 5.14.